The lowest BCUT2D eigenvalue weighted by molar-refractivity contribution is -1.02. The second kappa shape index (κ2) is 7.36. The molecule has 3 aromatic rings. The van der Waals surface area contributed by atoms with E-state index in [1.165, 1.54) is 21.1 Å². The predicted molar refractivity (Wildman–Crippen MR) is 95.8 cm³/mol. The van der Waals surface area contributed by atoms with Gasteiger partial charge in [0.15, 0.2) is 17.6 Å². The highest BCUT2D eigenvalue weighted by Gasteiger charge is 2.37. The van der Waals surface area contributed by atoms with Crippen LogP contribution in [0.2, 0.25) is 0 Å². The maximum absolute atomic E-state index is 10.8. The Kier molecular flexibility index (Phi) is 4.94. The van der Waals surface area contributed by atoms with Crippen molar-refractivity contribution in [2.45, 2.75) is 19.4 Å². The third-order valence-corrected chi connectivity index (χ3v) is 6.21. The van der Waals surface area contributed by atoms with Gasteiger partial charge in [-0.1, -0.05) is 18.3 Å². The monoisotopic (exact) mass is 379 g/mol. The van der Waals surface area contributed by atoms with Crippen LogP contribution < -0.4 is 9.80 Å². The summed E-state index contributed by atoms with van der Waals surface area (Å²) in [7, 11) is 0. The van der Waals surface area contributed by atoms with Gasteiger partial charge in [-0.2, -0.15) is 4.52 Å². The highest BCUT2D eigenvalue weighted by molar-refractivity contribution is 7.17. The van der Waals surface area contributed by atoms with Gasteiger partial charge in [0.2, 0.25) is 10.8 Å². The van der Waals surface area contributed by atoms with Crippen LogP contribution in [0.3, 0.4) is 0 Å². The molecule has 1 fully saturated rings. The van der Waals surface area contributed by atoms with Crippen molar-refractivity contribution in [2.75, 3.05) is 39.3 Å². The highest BCUT2D eigenvalue weighted by atomic mass is 32.1. The zero-order valence-electron chi connectivity index (χ0n) is 14.8. The highest BCUT2D eigenvalue weighted by Crippen LogP contribution is 2.35. The van der Waals surface area contributed by atoms with Crippen LogP contribution in [0.1, 0.15) is 29.4 Å². The lowest BCUT2D eigenvalue weighted by atomic mass is 10.1. The smallest absolute Gasteiger partial charge is 0.235 e. The summed E-state index contributed by atoms with van der Waals surface area (Å²) < 4.78 is 7.27. The van der Waals surface area contributed by atoms with Gasteiger partial charge < -0.3 is 24.4 Å². The summed E-state index contributed by atoms with van der Waals surface area (Å²) in [5, 5.41) is 24.4. The number of aliphatic hydroxyl groups is 1. The van der Waals surface area contributed by atoms with Crippen molar-refractivity contribution in [3.8, 4) is 5.88 Å². The zero-order valence-corrected chi connectivity index (χ0v) is 15.6. The van der Waals surface area contributed by atoms with Crippen molar-refractivity contribution in [1.29, 1.82) is 0 Å². The fourth-order valence-corrected chi connectivity index (χ4v) is 4.86. The molecule has 4 heterocycles. The van der Waals surface area contributed by atoms with Gasteiger partial charge in [-0.3, -0.25) is 0 Å². The molecule has 0 aliphatic carbocycles. The molecule has 0 saturated carbocycles. The molecule has 1 aliphatic rings. The van der Waals surface area contributed by atoms with Crippen LogP contribution in [-0.4, -0.2) is 64.1 Å². The van der Waals surface area contributed by atoms with Crippen LogP contribution in [0.4, 0.5) is 0 Å². The van der Waals surface area contributed by atoms with E-state index in [1.807, 2.05) is 19.1 Å². The van der Waals surface area contributed by atoms with E-state index < -0.39 is 0 Å². The molecular weight excluding hydrogens is 354 g/mol. The molecule has 1 saturated heterocycles. The summed E-state index contributed by atoms with van der Waals surface area (Å²) in [4.78, 5) is 8.84. The third-order valence-electron chi connectivity index (χ3n) is 5.12. The second-order valence-electron chi connectivity index (χ2n) is 6.70. The average molecular weight is 379 g/mol. The Bertz CT molecular complexity index is 851. The minimum Gasteiger partial charge on any atom is -0.492 e. The summed E-state index contributed by atoms with van der Waals surface area (Å²) in [6.07, 6.45) is 2.42. The predicted octanol–water partition coefficient (Wildman–Crippen LogP) is -1.48. The van der Waals surface area contributed by atoms with Gasteiger partial charge in [0.05, 0.1) is 12.9 Å². The summed E-state index contributed by atoms with van der Waals surface area (Å²) in [6, 6.07) is 3.79. The average Bonchev–Trinajstić information content (AvgIpc) is 3.37. The van der Waals surface area contributed by atoms with E-state index in [2.05, 4.69) is 10.1 Å². The van der Waals surface area contributed by atoms with Gasteiger partial charge in [-0.25, -0.2) is 4.98 Å². The normalized spacial score (nSPS) is 22.1. The molecule has 4 rings (SSSR count). The minimum atomic E-state index is -0.0701. The first kappa shape index (κ1) is 17.5. The number of aromatic hydroxyl groups is 1. The number of rotatable bonds is 6. The lowest BCUT2D eigenvalue weighted by Gasteiger charge is -2.33. The van der Waals surface area contributed by atoms with E-state index in [4.69, 9.17) is 9.52 Å². The van der Waals surface area contributed by atoms with Crippen LogP contribution in [0.15, 0.2) is 22.8 Å². The van der Waals surface area contributed by atoms with Gasteiger partial charge in [0.1, 0.15) is 37.6 Å². The van der Waals surface area contributed by atoms with E-state index in [1.54, 1.807) is 10.8 Å². The minimum absolute atomic E-state index is 0.0701. The molecule has 1 aliphatic heterocycles. The summed E-state index contributed by atoms with van der Waals surface area (Å²) in [5.74, 6) is 1.75. The van der Waals surface area contributed by atoms with E-state index in [-0.39, 0.29) is 18.5 Å². The molecule has 0 amide bonds. The first-order valence-corrected chi connectivity index (χ1v) is 9.92. The summed E-state index contributed by atoms with van der Waals surface area (Å²) >= 11 is 1.48. The van der Waals surface area contributed by atoms with Crippen LogP contribution in [0.5, 0.6) is 5.88 Å². The molecular formula is C17H25N5O3S+2. The molecule has 8 nitrogen and oxygen atoms in total. The first-order chi connectivity index (χ1) is 12.7. The Morgan fingerprint density at radius 2 is 2.15 bits per heavy atom. The number of aryl methyl sites for hydroxylation is 1. The Labute approximate surface area is 155 Å². The Hall–Kier alpha value is -1.94. The van der Waals surface area contributed by atoms with Gasteiger partial charge in [-0.05, 0) is 12.1 Å². The molecule has 3 aromatic heterocycles. The van der Waals surface area contributed by atoms with Crippen molar-refractivity contribution >= 4 is 16.3 Å². The molecule has 0 bridgehead atoms. The summed E-state index contributed by atoms with van der Waals surface area (Å²) in [5.41, 5.74) is 0. The molecule has 0 radical (unpaired) electrons. The molecule has 26 heavy (non-hydrogen) atoms. The number of nitrogens with one attached hydrogen (secondary N) is 2. The van der Waals surface area contributed by atoms with Crippen molar-refractivity contribution in [3.05, 3.63) is 34.9 Å². The molecule has 140 valence electrons. The van der Waals surface area contributed by atoms with Gasteiger partial charge in [-0.15, -0.1) is 5.10 Å². The fraction of sp³-hybridized carbons (Fsp3) is 0.529. The largest absolute Gasteiger partial charge is 0.492 e. The van der Waals surface area contributed by atoms with Crippen molar-refractivity contribution < 1.29 is 24.4 Å². The van der Waals surface area contributed by atoms with Gasteiger partial charge >= 0.3 is 0 Å². The second-order valence-corrected chi connectivity index (χ2v) is 7.71. The molecule has 0 aromatic carbocycles. The number of aliphatic hydroxyl groups excluding tert-OH is 1. The van der Waals surface area contributed by atoms with Crippen LogP contribution in [0.25, 0.3) is 4.96 Å². The number of furan rings is 1. The number of thiazole rings is 1. The molecule has 9 heteroatoms. The molecule has 4 N–H and O–H groups in total. The maximum Gasteiger partial charge on any atom is 0.235 e. The van der Waals surface area contributed by atoms with E-state index in [9.17, 15) is 5.11 Å². The lowest BCUT2D eigenvalue weighted by Crippen LogP contribution is -3.28. The van der Waals surface area contributed by atoms with Crippen LogP contribution in [-0.2, 0) is 6.42 Å². The van der Waals surface area contributed by atoms with Gasteiger partial charge in [0.25, 0.3) is 0 Å². The maximum atomic E-state index is 10.8. The SMILES string of the molecule is CCc1nc2sc([C@@H](c3ccco3)[NH+]3CC[NH+](CCO)CC3)c(O)n2n1. The van der Waals surface area contributed by atoms with E-state index >= 15 is 0 Å². The topological polar surface area (TPSA) is 92.7 Å². The number of aromatic nitrogens is 3. The third kappa shape index (κ3) is 3.11. The quantitative estimate of drug-likeness (QED) is 0.419. The molecule has 0 spiro atoms. The molecule has 0 unspecified atom stereocenters. The Morgan fingerprint density at radius 1 is 1.35 bits per heavy atom. The number of hydrogen-bond donors (Lipinski definition) is 4. The summed E-state index contributed by atoms with van der Waals surface area (Å²) in [6.45, 7) is 6.91. The number of piperazine rings is 1. The van der Waals surface area contributed by atoms with E-state index in [0.717, 1.165) is 60.6 Å². The van der Waals surface area contributed by atoms with Crippen molar-refractivity contribution in [2.24, 2.45) is 0 Å². The van der Waals surface area contributed by atoms with E-state index in [0.29, 0.717) is 0 Å². The van der Waals surface area contributed by atoms with Crippen molar-refractivity contribution in [3.63, 3.8) is 0 Å². The Balaban J connectivity index is 1.67. The number of fused-ring (bicyclic) bond motifs is 1. The first-order valence-electron chi connectivity index (χ1n) is 9.11. The van der Waals surface area contributed by atoms with Crippen molar-refractivity contribution in [1.82, 2.24) is 14.6 Å². The number of hydrogen-bond acceptors (Lipinski definition) is 6. The number of quaternary nitrogens is 2. The zero-order chi connectivity index (χ0) is 18.1. The standard InChI is InChI=1S/C17H23N5O3S/c1-2-13-18-17-22(19-13)16(24)15(26-17)14(12-4-3-11-25-12)21-7-5-20(6-8-21)9-10-23/h3-4,11,14,23-24H,2,5-10H2,1H3/p+2/t14-/m1/s1. The van der Waals surface area contributed by atoms with Gasteiger partial charge in [0, 0.05) is 6.42 Å². The van der Waals surface area contributed by atoms with Crippen LogP contribution in [0, 0.1) is 0 Å². The number of nitrogens with zero attached hydrogens (tertiary/aromatic N) is 3. The fourth-order valence-electron chi connectivity index (χ4n) is 3.72. The Morgan fingerprint density at radius 3 is 2.77 bits per heavy atom. The van der Waals surface area contributed by atoms with Crippen LogP contribution >= 0.6 is 11.3 Å². The molecule has 1 atom stereocenters.